The molecule has 0 atom stereocenters. The van der Waals surface area contributed by atoms with Gasteiger partial charge in [-0.3, -0.25) is 14.9 Å². The van der Waals surface area contributed by atoms with Crippen LogP contribution in [0.1, 0.15) is 22.3 Å². The van der Waals surface area contributed by atoms with Crippen molar-refractivity contribution in [1.82, 2.24) is 0 Å². The minimum atomic E-state index is -0.472. The highest BCUT2D eigenvalue weighted by atomic mass is 16.6. The van der Waals surface area contributed by atoms with Crippen LogP contribution in [-0.4, -0.2) is 17.4 Å². The van der Waals surface area contributed by atoms with Gasteiger partial charge in [-0.2, -0.15) is 0 Å². The lowest BCUT2D eigenvalue weighted by atomic mass is 10.1. The van der Waals surface area contributed by atoms with E-state index >= 15 is 0 Å². The van der Waals surface area contributed by atoms with Crippen LogP contribution in [0.3, 0.4) is 0 Å². The minimum Gasteiger partial charge on any atom is -0.483 e. The van der Waals surface area contributed by atoms with E-state index in [1.165, 1.54) is 12.1 Å². The first-order valence-corrected chi connectivity index (χ1v) is 7.54. The average molecular weight is 328 g/mol. The number of nitro benzene ring substituents is 1. The molecule has 6 heteroatoms. The smallest absolute Gasteiger partial charge is 0.274 e. The van der Waals surface area contributed by atoms with E-state index in [1.54, 1.807) is 13.0 Å². The molecule has 0 saturated heterocycles. The van der Waals surface area contributed by atoms with E-state index in [-0.39, 0.29) is 18.2 Å². The van der Waals surface area contributed by atoms with E-state index in [1.807, 2.05) is 32.9 Å². The van der Waals surface area contributed by atoms with Crippen molar-refractivity contribution < 1.29 is 14.5 Å². The Morgan fingerprint density at radius 1 is 1.17 bits per heavy atom. The van der Waals surface area contributed by atoms with Crippen LogP contribution in [0, 0.1) is 37.8 Å². The first-order chi connectivity index (χ1) is 11.3. The highest BCUT2D eigenvalue weighted by molar-refractivity contribution is 5.93. The third kappa shape index (κ3) is 3.90. The van der Waals surface area contributed by atoms with Gasteiger partial charge in [0.2, 0.25) is 0 Å². The summed E-state index contributed by atoms with van der Waals surface area (Å²) in [6.45, 7) is 7.30. The number of nitrogens with zero attached hydrogens (tertiary/aromatic N) is 1. The van der Waals surface area contributed by atoms with Crippen LogP contribution in [0.4, 0.5) is 11.4 Å². The van der Waals surface area contributed by atoms with Crippen molar-refractivity contribution in [3.63, 3.8) is 0 Å². The molecule has 0 fully saturated rings. The number of carbonyl (C=O) groups is 1. The number of amides is 1. The normalized spacial score (nSPS) is 10.3. The molecular formula is C18H20N2O4. The van der Waals surface area contributed by atoms with Gasteiger partial charge in [-0.1, -0.05) is 23.8 Å². The molecule has 0 spiro atoms. The van der Waals surface area contributed by atoms with Gasteiger partial charge in [-0.05, 0) is 44.9 Å². The van der Waals surface area contributed by atoms with Gasteiger partial charge in [-0.25, -0.2) is 0 Å². The molecule has 2 aromatic rings. The van der Waals surface area contributed by atoms with E-state index in [9.17, 15) is 14.9 Å². The van der Waals surface area contributed by atoms with E-state index in [0.717, 1.165) is 16.7 Å². The third-order valence-corrected chi connectivity index (χ3v) is 3.73. The Balaban J connectivity index is 2.08. The Morgan fingerprint density at radius 3 is 2.38 bits per heavy atom. The number of anilines is 1. The zero-order valence-corrected chi connectivity index (χ0v) is 14.2. The molecule has 0 saturated carbocycles. The highest BCUT2D eigenvalue weighted by Crippen LogP contribution is 2.26. The lowest BCUT2D eigenvalue weighted by Crippen LogP contribution is -2.21. The summed E-state index contributed by atoms with van der Waals surface area (Å²) in [6.07, 6.45) is 0. The van der Waals surface area contributed by atoms with Crippen LogP contribution in [-0.2, 0) is 4.79 Å². The number of nitro groups is 1. The van der Waals surface area contributed by atoms with Crippen molar-refractivity contribution in [3.05, 3.63) is 62.7 Å². The molecule has 1 N–H and O–H groups in total. The standard InChI is InChI=1S/C18H20N2O4/c1-11-8-12(2)18(13(3)9-11)24-10-17(21)19-15-6-5-7-16(14(15)4)20(22)23/h5-9H,10H2,1-4H3,(H,19,21). The van der Waals surface area contributed by atoms with E-state index in [4.69, 9.17) is 4.74 Å². The summed E-state index contributed by atoms with van der Waals surface area (Å²) >= 11 is 0. The van der Waals surface area contributed by atoms with Crippen LogP contribution in [0.2, 0.25) is 0 Å². The van der Waals surface area contributed by atoms with Gasteiger partial charge in [0, 0.05) is 6.07 Å². The van der Waals surface area contributed by atoms with Gasteiger partial charge in [-0.15, -0.1) is 0 Å². The Bertz CT molecular complexity index is 777. The van der Waals surface area contributed by atoms with Crippen molar-refractivity contribution in [2.24, 2.45) is 0 Å². The lowest BCUT2D eigenvalue weighted by molar-refractivity contribution is -0.385. The largest absolute Gasteiger partial charge is 0.483 e. The highest BCUT2D eigenvalue weighted by Gasteiger charge is 2.15. The number of carbonyl (C=O) groups excluding carboxylic acids is 1. The summed E-state index contributed by atoms with van der Waals surface area (Å²) in [5, 5.41) is 13.6. The predicted molar refractivity (Wildman–Crippen MR) is 92.6 cm³/mol. The molecule has 126 valence electrons. The minimum absolute atomic E-state index is 0.0288. The molecule has 24 heavy (non-hydrogen) atoms. The molecule has 0 bridgehead atoms. The van der Waals surface area contributed by atoms with Crippen LogP contribution >= 0.6 is 0 Å². The van der Waals surface area contributed by atoms with Gasteiger partial charge in [0.25, 0.3) is 11.6 Å². The van der Waals surface area contributed by atoms with E-state index in [0.29, 0.717) is 17.0 Å². The van der Waals surface area contributed by atoms with E-state index in [2.05, 4.69) is 5.32 Å². The maximum atomic E-state index is 12.1. The maximum Gasteiger partial charge on any atom is 0.274 e. The van der Waals surface area contributed by atoms with Gasteiger partial charge in [0.15, 0.2) is 6.61 Å². The topological polar surface area (TPSA) is 81.5 Å². The molecule has 0 heterocycles. The van der Waals surface area contributed by atoms with Crippen molar-refractivity contribution in [3.8, 4) is 5.75 Å². The van der Waals surface area contributed by atoms with Gasteiger partial charge < -0.3 is 10.1 Å². The molecule has 0 radical (unpaired) electrons. The quantitative estimate of drug-likeness (QED) is 0.668. The van der Waals surface area contributed by atoms with Crippen LogP contribution < -0.4 is 10.1 Å². The molecule has 0 aliphatic rings. The number of hydrogen-bond donors (Lipinski definition) is 1. The van der Waals surface area contributed by atoms with Crippen molar-refractivity contribution in [2.45, 2.75) is 27.7 Å². The predicted octanol–water partition coefficient (Wildman–Crippen LogP) is 3.85. The SMILES string of the molecule is Cc1cc(C)c(OCC(=O)Nc2cccc([N+](=O)[O-])c2C)c(C)c1. The van der Waals surface area contributed by atoms with Gasteiger partial charge in [0.1, 0.15) is 5.75 Å². The summed E-state index contributed by atoms with van der Waals surface area (Å²) in [5.41, 5.74) is 3.86. The second-order valence-corrected chi connectivity index (χ2v) is 5.77. The van der Waals surface area contributed by atoms with Crippen LogP contribution in [0.25, 0.3) is 0 Å². The summed E-state index contributed by atoms with van der Waals surface area (Å²) in [7, 11) is 0. The molecule has 0 aliphatic heterocycles. The third-order valence-electron chi connectivity index (χ3n) is 3.73. The Morgan fingerprint density at radius 2 is 1.79 bits per heavy atom. The van der Waals surface area contributed by atoms with E-state index < -0.39 is 4.92 Å². The molecule has 0 aromatic heterocycles. The number of ether oxygens (including phenoxy) is 1. The molecular weight excluding hydrogens is 308 g/mol. The van der Waals surface area contributed by atoms with Crippen molar-refractivity contribution >= 4 is 17.3 Å². The maximum absolute atomic E-state index is 12.1. The van der Waals surface area contributed by atoms with Crippen molar-refractivity contribution in [2.75, 3.05) is 11.9 Å². The second kappa shape index (κ2) is 7.12. The summed E-state index contributed by atoms with van der Waals surface area (Å²) in [4.78, 5) is 22.6. The fraction of sp³-hybridized carbons (Fsp3) is 0.278. The zero-order valence-electron chi connectivity index (χ0n) is 14.2. The van der Waals surface area contributed by atoms with Crippen molar-refractivity contribution in [1.29, 1.82) is 0 Å². The fourth-order valence-electron chi connectivity index (χ4n) is 2.68. The number of hydrogen-bond acceptors (Lipinski definition) is 4. The monoisotopic (exact) mass is 328 g/mol. The summed E-state index contributed by atoms with van der Waals surface area (Å²) < 4.78 is 5.63. The first-order valence-electron chi connectivity index (χ1n) is 7.54. The summed E-state index contributed by atoms with van der Waals surface area (Å²) in [5.74, 6) is 0.324. The molecule has 6 nitrogen and oxygen atoms in total. The summed E-state index contributed by atoms with van der Waals surface area (Å²) in [6, 6.07) is 8.55. The molecule has 0 aliphatic carbocycles. The second-order valence-electron chi connectivity index (χ2n) is 5.77. The van der Waals surface area contributed by atoms with Crippen LogP contribution in [0.5, 0.6) is 5.75 Å². The number of nitrogens with one attached hydrogen (secondary N) is 1. The molecule has 2 aromatic carbocycles. The number of aryl methyl sites for hydroxylation is 3. The number of benzene rings is 2. The van der Waals surface area contributed by atoms with Gasteiger partial charge in [0.05, 0.1) is 16.2 Å². The Labute approximate surface area is 140 Å². The average Bonchev–Trinajstić information content (AvgIpc) is 2.48. The molecule has 2 rings (SSSR count). The first kappa shape index (κ1) is 17.5. The lowest BCUT2D eigenvalue weighted by Gasteiger charge is -2.13. The molecule has 1 amide bonds. The Kier molecular flexibility index (Phi) is 5.18. The Hall–Kier alpha value is -2.89. The zero-order chi connectivity index (χ0) is 17.9. The molecule has 0 unspecified atom stereocenters. The van der Waals surface area contributed by atoms with Crippen LogP contribution in [0.15, 0.2) is 30.3 Å². The number of rotatable bonds is 5. The van der Waals surface area contributed by atoms with Gasteiger partial charge >= 0.3 is 0 Å². The fourth-order valence-corrected chi connectivity index (χ4v) is 2.68.